The van der Waals surface area contributed by atoms with Crippen LogP contribution >= 0.6 is 0 Å². The normalized spacial score (nSPS) is 11.4. The summed E-state index contributed by atoms with van der Waals surface area (Å²) < 4.78 is 9.52. The number of carbonyl (C=O) groups excluding carboxylic acids is 1. The van der Waals surface area contributed by atoms with Crippen molar-refractivity contribution in [1.29, 1.82) is 0 Å². The van der Waals surface area contributed by atoms with Crippen LogP contribution in [-0.4, -0.2) is 41.3 Å². The molecular weight excluding hydrogens is 256 g/mol. The van der Waals surface area contributed by atoms with Crippen LogP contribution in [-0.2, 0) is 14.3 Å². The molecule has 1 aromatic carbocycles. The predicted molar refractivity (Wildman–Crippen MR) is 62.1 cm³/mol. The van der Waals surface area contributed by atoms with E-state index in [9.17, 15) is 14.4 Å². The molecule has 0 aliphatic rings. The second kappa shape index (κ2) is 6.39. The molecule has 0 amide bonds. The molecule has 1 unspecified atom stereocenters. The van der Waals surface area contributed by atoms with Gasteiger partial charge in [-0.2, -0.15) is 0 Å². The molecule has 1 aromatic rings. The largest absolute Gasteiger partial charge is 0.497 e. The van der Waals surface area contributed by atoms with Crippen LogP contribution in [0.1, 0.15) is 16.8 Å². The number of ether oxygens (including phenoxy) is 2. The van der Waals surface area contributed by atoms with Crippen molar-refractivity contribution in [3.8, 4) is 5.75 Å². The van der Waals surface area contributed by atoms with Crippen LogP contribution in [0.4, 0.5) is 0 Å². The van der Waals surface area contributed by atoms with Crippen molar-refractivity contribution in [2.75, 3.05) is 7.11 Å². The van der Waals surface area contributed by atoms with Gasteiger partial charge in [-0.15, -0.1) is 0 Å². The number of benzene rings is 1. The second-order valence-electron chi connectivity index (χ2n) is 3.56. The molecule has 0 aliphatic heterocycles. The van der Waals surface area contributed by atoms with Crippen molar-refractivity contribution in [3.63, 3.8) is 0 Å². The van der Waals surface area contributed by atoms with Gasteiger partial charge in [-0.25, -0.2) is 9.59 Å². The smallest absolute Gasteiger partial charge is 0.345 e. The lowest BCUT2D eigenvalue weighted by atomic mass is 10.2. The summed E-state index contributed by atoms with van der Waals surface area (Å²) in [6, 6.07) is 5.79. The zero-order chi connectivity index (χ0) is 14.4. The Morgan fingerprint density at radius 2 is 1.74 bits per heavy atom. The van der Waals surface area contributed by atoms with Crippen LogP contribution in [0.2, 0.25) is 0 Å². The third kappa shape index (κ3) is 4.30. The van der Waals surface area contributed by atoms with E-state index in [1.54, 1.807) is 0 Å². The SMILES string of the molecule is COc1ccc(C(=O)OC(CC(=O)O)C(=O)O)cc1. The Morgan fingerprint density at radius 3 is 2.16 bits per heavy atom. The molecule has 1 rings (SSSR count). The molecule has 0 saturated heterocycles. The van der Waals surface area contributed by atoms with Gasteiger partial charge in [-0.3, -0.25) is 4.79 Å². The van der Waals surface area contributed by atoms with E-state index in [1.807, 2.05) is 0 Å². The molecular formula is C12H12O7. The first-order valence-electron chi connectivity index (χ1n) is 5.23. The van der Waals surface area contributed by atoms with Gasteiger partial charge in [0.15, 0.2) is 0 Å². The molecule has 19 heavy (non-hydrogen) atoms. The van der Waals surface area contributed by atoms with Crippen LogP contribution in [0, 0.1) is 0 Å². The van der Waals surface area contributed by atoms with Crippen LogP contribution in [0.25, 0.3) is 0 Å². The predicted octanol–water partition coefficient (Wildman–Crippen LogP) is 0.780. The number of carboxylic acids is 2. The third-order valence-corrected chi connectivity index (χ3v) is 2.21. The number of methoxy groups -OCH3 is 1. The van der Waals surface area contributed by atoms with E-state index in [1.165, 1.54) is 31.4 Å². The maximum atomic E-state index is 11.6. The molecule has 102 valence electrons. The lowest BCUT2D eigenvalue weighted by molar-refractivity contribution is -0.153. The maximum absolute atomic E-state index is 11.6. The Kier molecular flexibility index (Phi) is 4.87. The molecule has 2 N–H and O–H groups in total. The molecule has 0 fully saturated rings. The first kappa shape index (κ1) is 14.5. The highest BCUT2D eigenvalue weighted by molar-refractivity contribution is 5.92. The summed E-state index contributed by atoms with van der Waals surface area (Å²) in [6.07, 6.45) is -2.51. The number of rotatable bonds is 6. The van der Waals surface area contributed by atoms with Crippen LogP contribution in [0.15, 0.2) is 24.3 Å². The van der Waals surface area contributed by atoms with Crippen molar-refractivity contribution in [2.24, 2.45) is 0 Å². The zero-order valence-corrected chi connectivity index (χ0v) is 10.0. The van der Waals surface area contributed by atoms with E-state index in [2.05, 4.69) is 4.74 Å². The van der Waals surface area contributed by atoms with Gasteiger partial charge in [0, 0.05) is 0 Å². The Labute approximate surface area is 108 Å². The molecule has 0 saturated carbocycles. The first-order valence-corrected chi connectivity index (χ1v) is 5.23. The molecule has 7 heteroatoms. The fraction of sp³-hybridized carbons (Fsp3) is 0.250. The second-order valence-corrected chi connectivity index (χ2v) is 3.56. The van der Waals surface area contributed by atoms with Crippen molar-refractivity contribution < 1.29 is 34.1 Å². The zero-order valence-electron chi connectivity index (χ0n) is 10.0. The number of carboxylic acid groups (broad SMARTS) is 2. The van der Waals surface area contributed by atoms with E-state index in [-0.39, 0.29) is 5.56 Å². The number of hydrogen-bond acceptors (Lipinski definition) is 5. The van der Waals surface area contributed by atoms with Crippen LogP contribution < -0.4 is 4.74 Å². The van der Waals surface area contributed by atoms with E-state index in [0.29, 0.717) is 5.75 Å². The molecule has 0 aliphatic carbocycles. The van der Waals surface area contributed by atoms with Crippen LogP contribution in [0.5, 0.6) is 5.75 Å². The van der Waals surface area contributed by atoms with Crippen molar-refractivity contribution in [3.05, 3.63) is 29.8 Å². The van der Waals surface area contributed by atoms with Crippen molar-refractivity contribution in [1.82, 2.24) is 0 Å². The summed E-state index contributed by atoms with van der Waals surface area (Å²) in [5.74, 6) is -3.26. The van der Waals surface area contributed by atoms with E-state index < -0.39 is 30.4 Å². The van der Waals surface area contributed by atoms with E-state index in [0.717, 1.165) is 0 Å². The number of hydrogen-bond donors (Lipinski definition) is 2. The molecule has 0 bridgehead atoms. The average Bonchev–Trinajstić information content (AvgIpc) is 2.37. The lowest BCUT2D eigenvalue weighted by Crippen LogP contribution is -2.29. The Balaban J connectivity index is 2.75. The minimum absolute atomic E-state index is 0.109. The summed E-state index contributed by atoms with van der Waals surface area (Å²) in [4.78, 5) is 32.8. The molecule has 0 radical (unpaired) electrons. The van der Waals surface area contributed by atoms with Gasteiger partial charge in [0.25, 0.3) is 0 Å². The Hall–Kier alpha value is -2.57. The van der Waals surface area contributed by atoms with Gasteiger partial charge >= 0.3 is 17.9 Å². The Morgan fingerprint density at radius 1 is 1.16 bits per heavy atom. The minimum atomic E-state index is -1.72. The summed E-state index contributed by atoms with van der Waals surface area (Å²) >= 11 is 0. The number of esters is 1. The molecule has 1 atom stereocenters. The van der Waals surface area contributed by atoms with Crippen LogP contribution in [0.3, 0.4) is 0 Å². The molecule has 0 spiro atoms. The van der Waals surface area contributed by atoms with Crippen molar-refractivity contribution >= 4 is 17.9 Å². The fourth-order valence-electron chi connectivity index (χ4n) is 1.26. The number of carbonyl (C=O) groups is 3. The van der Waals surface area contributed by atoms with E-state index >= 15 is 0 Å². The topological polar surface area (TPSA) is 110 Å². The maximum Gasteiger partial charge on any atom is 0.345 e. The quantitative estimate of drug-likeness (QED) is 0.733. The summed E-state index contributed by atoms with van der Waals surface area (Å²) in [6.45, 7) is 0. The molecule has 7 nitrogen and oxygen atoms in total. The summed E-state index contributed by atoms with van der Waals surface area (Å²) in [7, 11) is 1.46. The highest BCUT2D eigenvalue weighted by Gasteiger charge is 2.25. The highest BCUT2D eigenvalue weighted by Crippen LogP contribution is 2.13. The summed E-state index contributed by atoms with van der Waals surface area (Å²) in [5.41, 5.74) is 0.109. The summed E-state index contributed by atoms with van der Waals surface area (Å²) in [5, 5.41) is 17.3. The van der Waals surface area contributed by atoms with Crippen molar-refractivity contribution in [2.45, 2.75) is 12.5 Å². The van der Waals surface area contributed by atoms with Gasteiger partial charge in [0.1, 0.15) is 5.75 Å². The first-order chi connectivity index (χ1) is 8.93. The molecule has 0 aromatic heterocycles. The fourth-order valence-corrected chi connectivity index (χ4v) is 1.26. The van der Waals surface area contributed by atoms with Gasteiger partial charge in [0.05, 0.1) is 19.1 Å². The lowest BCUT2D eigenvalue weighted by Gasteiger charge is -2.11. The average molecular weight is 268 g/mol. The van der Waals surface area contributed by atoms with Gasteiger partial charge < -0.3 is 19.7 Å². The Bertz CT molecular complexity index is 477. The van der Waals surface area contributed by atoms with E-state index in [4.69, 9.17) is 14.9 Å². The third-order valence-electron chi connectivity index (χ3n) is 2.21. The minimum Gasteiger partial charge on any atom is -0.497 e. The molecule has 0 heterocycles. The van der Waals surface area contributed by atoms with Gasteiger partial charge in [-0.1, -0.05) is 0 Å². The van der Waals surface area contributed by atoms with Gasteiger partial charge in [0.2, 0.25) is 6.10 Å². The highest BCUT2D eigenvalue weighted by atomic mass is 16.6. The standard InChI is InChI=1S/C12H12O7/c1-18-8-4-2-7(3-5-8)12(17)19-9(11(15)16)6-10(13)14/h2-5,9H,6H2,1H3,(H,13,14)(H,15,16). The van der Waals surface area contributed by atoms with Gasteiger partial charge in [-0.05, 0) is 24.3 Å². The number of aliphatic carboxylic acids is 2. The monoisotopic (exact) mass is 268 g/mol.